The molecule has 1 heterocycles. The number of pyridine rings is 1. The van der Waals surface area contributed by atoms with E-state index in [9.17, 15) is 4.79 Å². The fourth-order valence-electron chi connectivity index (χ4n) is 1.27. The monoisotopic (exact) mass is 246 g/mol. The van der Waals surface area contributed by atoms with E-state index in [2.05, 4.69) is 15.0 Å². The minimum atomic E-state index is -0.380. The number of azide groups is 1. The Morgan fingerprint density at radius 1 is 1.61 bits per heavy atom. The Balaban J connectivity index is 2.64. The van der Waals surface area contributed by atoms with Crippen LogP contribution in [0.15, 0.2) is 29.7 Å². The second-order valence-electron chi connectivity index (χ2n) is 3.37. The third-order valence-electron chi connectivity index (χ3n) is 2.04. The number of carbonyl (C=O) groups is 1. The molecular formula is C12H14N4O2. The summed E-state index contributed by atoms with van der Waals surface area (Å²) >= 11 is 0. The van der Waals surface area contributed by atoms with E-state index < -0.39 is 0 Å². The van der Waals surface area contributed by atoms with Crippen molar-refractivity contribution in [2.45, 2.75) is 13.3 Å². The van der Waals surface area contributed by atoms with Gasteiger partial charge in [-0.15, -0.1) is 0 Å². The Bertz CT molecular complexity index is 479. The molecule has 6 nitrogen and oxygen atoms in total. The first kappa shape index (κ1) is 13.7. The van der Waals surface area contributed by atoms with Crippen LogP contribution < -0.4 is 0 Å². The quantitative estimate of drug-likeness (QED) is 0.254. The van der Waals surface area contributed by atoms with Crippen LogP contribution >= 0.6 is 0 Å². The Morgan fingerprint density at radius 3 is 3.17 bits per heavy atom. The number of hydrogen-bond donors (Lipinski definition) is 0. The highest BCUT2D eigenvalue weighted by atomic mass is 16.5. The van der Waals surface area contributed by atoms with E-state index in [1.807, 2.05) is 12.2 Å². The highest BCUT2D eigenvalue weighted by Gasteiger charge is 2.06. The Morgan fingerprint density at radius 2 is 2.44 bits per heavy atom. The largest absolute Gasteiger partial charge is 0.462 e. The Labute approximate surface area is 105 Å². The number of aromatic nitrogens is 1. The lowest BCUT2D eigenvalue weighted by Crippen LogP contribution is -2.05. The molecule has 0 saturated carbocycles. The van der Waals surface area contributed by atoms with Crippen molar-refractivity contribution in [3.05, 3.63) is 46.1 Å². The van der Waals surface area contributed by atoms with Gasteiger partial charge >= 0.3 is 5.97 Å². The molecule has 1 aromatic heterocycles. The molecule has 0 spiro atoms. The van der Waals surface area contributed by atoms with Crippen molar-refractivity contribution in [2.24, 2.45) is 5.11 Å². The van der Waals surface area contributed by atoms with Crippen LogP contribution in [0, 0.1) is 0 Å². The summed E-state index contributed by atoms with van der Waals surface area (Å²) in [7, 11) is 0. The molecule has 0 saturated heterocycles. The van der Waals surface area contributed by atoms with Gasteiger partial charge in [0, 0.05) is 23.9 Å². The molecule has 1 rings (SSSR count). The molecule has 0 aliphatic heterocycles. The molecule has 0 atom stereocenters. The van der Waals surface area contributed by atoms with Gasteiger partial charge in [0.1, 0.15) is 0 Å². The SMILES string of the molecule is CCOC(=O)c1cncc(C=CCCN=[N+]=[N-])c1. The van der Waals surface area contributed by atoms with Crippen molar-refractivity contribution < 1.29 is 9.53 Å². The van der Waals surface area contributed by atoms with E-state index in [1.165, 1.54) is 6.20 Å². The van der Waals surface area contributed by atoms with Crippen molar-refractivity contribution in [3.8, 4) is 0 Å². The van der Waals surface area contributed by atoms with Gasteiger partial charge in [-0.3, -0.25) is 4.98 Å². The third-order valence-corrected chi connectivity index (χ3v) is 2.04. The van der Waals surface area contributed by atoms with E-state index in [0.29, 0.717) is 25.1 Å². The van der Waals surface area contributed by atoms with Crippen molar-refractivity contribution >= 4 is 12.0 Å². The van der Waals surface area contributed by atoms with Gasteiger partial charge in [-0.2, -0.15) is 0 Å². The molecule has 0 aliphatic rings. The molecule has 0 radical (unpaired) electrons. The van der Waals surface area contributed by atoms with Gasteiger partial charge in [0.15, 0.2) is 0 Å². The van der Waals surface area contributed by atoms with E-state index in [-0.39, 0.29) is 5.97 Å². The van der Waals surface area contributed by atoms with E-state index in [0.717, 1.165) is 5.56 Å². The topological polar surface area (TPSA) is 88.0 Å². The fraction of sp³-hybridized carbons (Fsp3) is 0.333. The normalized spacial score (nSPS) is 10.1. The number of nitrogens with zero attached hydrogens (tertiary/aromatic N) is 4. The average Bonchev–Trinajstić information content (AvgIpc) is 2.39. The van der Waals surface area contributed by atoms with Crippen molar-refractivity contribution in [1.82, 2.24) is 4.98 Å². The molecule has 18 heavy (non-hydrogen) atoms. The van der Waals surface area contributed by atoms with Gasteiger partial charge in [-0.25, -0.2) is 4.79 Å². The lowest BCUT2D eigenvalue weighted by Gasteiger charge is -2.01. The lowest BCUT2D eigenvalue weighted by atomic mass is 10.2. The lowest BCUT2D eigenvalue weighted by molar-refractivity contribution is 0.0526. The van der Waals surface area contributed by atoms with Gasteiger partial charge in [0.2, 0.25) is 0 Å². The van der Waals surface area contributed by atoms with Gasteiger partial charge in [0.05, 0.1) is 12.2 Å². The zero-order valence-electron chi connectivity index (χ0n) is 10.1. The molecule has 0 unspecified atom stereocenters. The first-order chi connectivity index (χ1) is 8.77. The molecule has 0 N–H and O–H groups in total. The molecular weight excluding hydrogens is 232 g/mol. The summed E-state index contributed by atoms with van der Waals surface area (Å²) in [5.41, 5.74) is 9.34. The first-order valence-corrected chi connectivity index (χ1v) is 5.57. The Hall–Kier alpha value is -2.33. The highest BCUT2D eigenvalue weighted by Crippen LogP contribution is 2.07. The minimum Gasteiger partial charge on any atom is -0.462 e. The van der Waals surface area contributed by atoms with E-state index in [4.69, 9.17) is 10.3 Å². The van der Waals surface area contributed by atoms with Gasteiger partial charge < -0.3 is 4.74 Å². The van der Waals surface area contributed by atoms with Gasteiger partial charge in [-0.1, -0.05) is 17.3 Å². The second-order valence-corrected chi connectivity index (χ2v) is 3.37. The number of hydrogen-bond acceptors (Lipinski definition) is 4. The van der Waals surface area contributed by atoms with Crippen molar-refractivity contribution in [3.63, 3.8) is 0 Å². The van der Waals surface area contributed by atoms with E-state index in [1.54, 1.807) is 19.2 Å². The van der Waals surface area contributed by atoms with E-state index >= 15 is 0 Å². The molecule has 0 amide bonds. The maximum absolute atomic E-state index is 11.5. The highest BCUT2D eigenvalue weighted by molar-refractivity contribution is 5.89. The fourth-order valence-corrected chi connectivity index (χ4v) is 1.27. The average molecular weight is 246 g/mol. The molecule has 6 heteroatoms. The molecule has 0 aliphatic carbocycles. The summed E-state index contributed by atoms with van der Waals surface area (Å²) in [5, 5.41) is 3.41. The zero-order valence-corrected chi connectivity index (χ0v) is 10.1. The molecule has 94 valence electrons. The summed E-state index contributed by atoms with van der Waals surface area (Å²) in [5.74, 6) is -0.380. The molecule has 0 bridgehead atoms. The maximum Gasteiger partial charge on any atom is 0.339 e. The molecule has 0 aromatic carbocycles. The van der Waals surface area contributed by atoms with Crippen LogP contribution in [0.1, 0.15) is 29.3 Å². The van der Waals surface area contributed by atoms with Crippen LogP contribution in [0.5, 0.6) is 0 Å². The Kier molecular flexibility index (Phi) is 6.00. The van der Waals surface area contributed by atoms with Crippen LogP contribution in [0.25, 0.3) is 16.5 Å². The van der Waals surface area contributed by atoms with Crippen LogP contribution in [0.2, 0.25) is 0 Å². The summed E-state index contributed by atoms with van der Waals surface area (Å²) in [6, 6.07) is 1.70. The third kappa shape index (κ3) is 4.67. The minimum absolute atomic E-state index is 0.338. The first-order valence-electron chi connectivity index (χ1n) is 5.57. The van der Waals surface area contributed by atoms with Gasteiger partial charge in [0.25, 0.3) is 0 Å². The summed E-state index contributed by atoms with van der Waals surface area (Å²) in [6.45, 7) is 2.51. The van der Waals surface area contributed by atoms with Crippen LogP contribution in [-0.4, -0.2) is 24.1 Å². The summed E-state index contributed by atoms with van der Waals surface area (Å²) in [6.07, 6.45) is 7.44. The number of esters is 1. The molecule has 0 fully saturated rings. The van der Waals surface area contributed by atoms with Crippen molar-refractivity contribution in [2.75, 3.05) is 13.2 Å². The van der Waals surface area contributed by atoms with Crippen LogP contribution in [0.3, 0.4) is 0 Å². The van der Waals surface area contributed by atoms with Crippen LogP contribution in [-0.2, 0) is 4.74 Å². The predicted molar refractivity (Wildman–Crippen MR) is 67.9 cm³/mol. The summed E-state index contributed by atoms with van der Waals surface area (Å²) in [4.78, 5) is 18.1. The van der Waals surface area contributed by atoms with Gasteiger partial charge in [-0.05, 0) is 30.5 Å². The number of ether oxygens (including phenoxy) is 1. The second kappa shape index (κ2) is 7.86. The number of carbonyl (C=O) groups excluding carboxylic acids is 1. The number of rotatable bonds is 6. The summed E-state index contributed by atoms with van der Waals surface area (Å²) < 4.78 is 4.88. The zero-order chi connectivity index (χ0) is 13.2. The molecule has 1 aromatic rings. The van der Waals surface area contributed by atoms with Crippen LogP contribution in [0.4, 0.5) is 0 Å². The maximum atomic E-state index is 11.5. The standard InChI is InChI=1S/C12H14N4O2/c1-2-18-12(17)11-7-10(8-14-9-11)5-3-4-6-15-16-13/h3,5,7-9H,2,4,6H2,1H3. The predicted octanol–water partition coefficient (Wildman–Crippen LogP) is 2.97. The van der Waals surface area contributed by atoms with Crippen molar-refractivity contribution in [1.29, 1.82) is 0 Å². The smallest absolute Gasteiger partial charge is 0.339 e.